The van der Waals surface area contributed by atoms with Gasteiger partial charge in [-0.15, -0.1) is 10.2 Å². The maximum atomic E-state index is 12.0. The number of thioether (sulfide) groups is 1. The number of nitrogens with zero attached hydrogens (tertiary/aromatic N) is 3. The molecule has 0 fully saturated rings. The van der Waals surface area contributed by atoms with E-state index in [1.165, 1.54) is 24.8 Å². The second-order valence-corrected chi connectivity index (χ2v) is 7.74. The van der Waals surface area contributed by atoms with E-state index in [0.717, 1.165) is 10.9 Å². The average Bonchev–Trinajstić information content (AvgIpc) is 3.01. The fourth-order valence-electron chi connectivity index (χ4n) is 2.77. The summed E-state index contributed by atoms with van der Waals surface area (Å²) >= 11 is 13.6. The second kappa shape index (κ2) is 7.46. The maximum absolute atomic E-state index is 12.0. The van der Waals surface area contributed by atoms with Gasteiger partial charge in [-0.05, 0) is 23.8 Å². The molecule has 3 aromatic heterocycles. The van der Waals surface area contributed by atoms with Gasteiger partial charge in [-0.1, -0.05) is 35.0 Å². The monoisotopic (exact) mass is 434 g/mol. The minimum atomic E-state index is -0.472. The van der Waals surface area contributed by atoms with Crippen molar-refractivity contribution in [2.24, 2.45) is 0 Å². The van der Waals surface area contributed by atoms with Crippen LogP contribution in [0.1, 0.15) is 12.5 Å². The molecule has 1 amide bonds. The SMILES string of the molecule is CC(=O)Nc1ccc2c(CSc3nnc4c(Cl)cc(Cl)cn34)cc(=O)oc2c1. The van der Waals surface area contributed by atoms with Gasteiger partial charge in [0, 0.05) is 42.1 Å². The van der Waals surface area contributed by atoms with Gasteiger partial charge in [0.25, 0.3) is 0 Å². The molecule has 28 heavy (non-hydrogen) atoms. The summed E-state index contributed by atoms with van der Waals surface area (Å²) in [6.45, 7) is 1.41. The number of rotatable bonds is 4. The van der Waals surface area contributed by atoms with Crippen LogP contribution in [0.3, 0.4) is 0 Å². The normalized spacial score (nSPS) is 11.2. The Labute approximate surface area is 172 Å². The number of carbonyl (C=O) groups excluding carboxylic acids is 1. The molecule has 4 aromatic rings. The number of pyridine rings is 1. The van der Waals surface area contributed by atoms with Crippen LogP contribution in [0.5, 0.6) is 0 Å². The summed E-state index contributed by atoms with van der Waals surface area (Å²) in [4.78, 5) is 23.2. The van der Waals surface area contributed by atoms with Crippen molar-refractivity contribution in [3.8, 4) is 0 Å². The molecule has 0 unspecified atom stereocenters. The number of aromatic nitrogens is 3. The van der Waals surface area contributed by atoms with Crippen LogP contribution in [0, 0.1) is 0 Å². The lowest BCUT2D eigenvalue weighted by molar-refractivity contribution is -0.114. The molecule has 0 aliphatic rings. The molecule has 0 saturated heterocycles. The number of halogens is 2. The Morgan fingerprint density at radius 2 is 2.07 bits per heavy atom. The van der Waals surface area contributed by atoms with Crippen LogP contribution >= 0.6 is 35.0 Å². The van der Waals surface area contributed by atoms with Gasteiger partial charge in [0.15, 0.2) is 10.8 Å². The van der Waals surface area contributed by atoms with Gasteiger partial charge in [0.2, 0.25) is 5.91 Å². The van der Waals surface area contributed by atoms with Gasteiger partial charge < -0.3 is 9.73 Å². The zero-order chi connectivity index (χ0) is 19.8. The van der Waals surface area contributed by atoms with Crippen molar-refractivity contribution in [3.05, 3.63) is 62.6 Å². The predicted octanol–water partition coefficient (Wildman–Crippen LogP) is 4.39. The minimum absolute atomic E-state index is 0.204. The molecule has 10 heteroatoms. The first kappa shape index (κ1) is 18.8. The van der Waals surface area contributed by atoms with Gasteiger partial charge >= 0.3 is 5.63 Å². The van der Waals surface area contributed by atoms with E-state index in [0.29, 0.717) is 37.9 Å². The fourth-order valence-corrected chi connectivity index (χ4v) is 4.18. The van der Waals surface area contributed by atoms with Gasteiger partial charge in [-0.3, -0.25) is 9.20 Å². The third-order valence-corrected chi connectivity index (χ3v) is 5.38. The lowest BCUT2D eigenvalue weighted by Crippen LogP contribution is -2.06. The standard InChI is InChI=1S/C18H12Cl2N4O3S/c1-9(25)21-12-2-3-13-10(4-16(26)27-15(13)6-12)8-28-18-23-22-17-14(20)5-11(19)7-24(17)18/h2-7H,8H2,1H3,(H,21,25). The number of fused-ring (bicyclic) bond motifs is 2. The van der Waals surface area contributed by atoms with Crippen LogP contribution in [0.4, 0.5) is 5.69 Å². The van der Waals surface area contributed by atoms with Crippen molar-refractivity contribution in [1.82, 2.24) is 14.6 Å². The van der Waals surface area contributed by atoms with Crippen LogP contribution in [-0.2, 0) is 10.5 Å². The number of amides is 1. The van der Waals surface area contributed by atoms with E-state index in [2.05, 4.69) is 15.5 Å². The van der Waals surface area contributed by atoms with Gasteiger partial charge in [0.1, 0.15) is 5.58 Å². The quantitative estimate of drug-likeness (QED) is 0.378. The molecule has 0 saturated carbocycles. The minimum Gasteiger partial charge on any atom is -0.423 e. The fraction of sp³-hybridized carbons (Fsp3) is 0.111. The maximum Gasteiger partial charge on any atom is 0.336 e. The Hall–Kier alpha value is -2.55. The van der Waals surface area contributed by atoms with E-state index in [1.807, 2.05) is 0 Å². The summed E-state index contributed by atoms with van der Waals surface area (Å²) in [6.07, 6.45) is 1.68. The molecule has 0 aliphatic heterocycles. The molecule has 0 aliphatic carbocycles. The third kappa shape index (κ3) is 3.71. The lowest BCUT2D eigenvalue weighted by Gasteiger charge is -2.07. The van der Waals surface area contributed by atoms with Crippen molar-refractivity contribution in [1.29, 1.82) is 0 Å². The highest BCUT2D eigenvalue weighted by atomic mass is 35.5. The van der Waals surface area contributed by atoms with Gasteiger partial charge in [-0.2, -0.15) is 0 Å². The lowest BCUT2D eigenvalue weighted by atomic mass is 10.1. The highest BCUT2D eigenvalue weighted by Gasteiger charge is 2.13. The Kier molecular flexibility index (Phi) is 5.01. The Balaban J connectivity index is 1.68. The molecule has 0 radical (unpaired) electrons. The van der Waals surface area contributed by atoms with Crippen molar-refractivity contribution in [2.45, 2.75) is 17.8 Å². The first-order valence-electron chi connectivity index (χ1n) is 8.07. The van der Waals surface area contributed by atoms with Crippen molar-refractivity contribution >= 4 is 63.2 Å². The van der Waals surface area contributed by atoms with Crippen molar-refractivity contribution in [2.75, 3.05) is 5.32 Å². The number of benzene rings is 1. The zero-order valence-corrected chi connectivity index (χ0v) is 16.7. The second-order valence-electron chi connectivity index (χ2n) is 5.95. The van der Waals surface area contributed by atoms with Crippen LogP contribution in [0.15, 0.2) is 50.9 Å². The van der Waals surface area contributed by atoms with Crippen LogP contribution in [0.2, 0.25) is 10.0 Å². The first-order chi connectivity index (χ1) is 13.4. The first-order valence-corrected chi connectivity index (χ1v) is 9.82. The van der Waals surface area contributed by atoms with E-state index in [-0.39, 0.29) is 5.91 Å². The molecule has 3 heterocycles. The van der Waals surface area contributed by atoms with E-state index in [1.54, 1.807) is 34.9 Å². The Bertz CT molecular complexity index is 1290. The topological polar surface area (TPSA) is 89.5 Å². The molecular weight excluding hydrogens is 423 g/mol. The number of carbonyl (C=O) groups is 1. The molecule has 0 spiro atoms. The number of nitrogens with one attached hydrogen (secondary N) is 1. The average molecular weight is 435 g/mol. The smallest absolute Gasteiger partial charge is 0.336 e. The van der Waals surface area contributed by atoms with Gasteiger partial charge in [-0.25, -0.2) is 4.79 Å². The third-order valence-electron chi connectivity index (χ3n) is 3.90. The van der Waals surface area contributed by atoms with Crippen LogP contribution in [-0.4, -0.2) is 20.5 Å². The molecule has 0 bridgehead atoms. The number of hydrogen-bond acceptors (Lipinski definition) is 6. The van der Waals surface area contributed by atoms with E-state index < -0.39 is 5.63 Å². The van der Waals surface area contributed by atoms with E-state index in [4.69, 9.17) is 27.6 Å². The van der Waals surface area contributed by atoms with Crippen LogP contribution in [0.25, 0.3) is 16.6 Å². The summed E-state index contributed by atoms with van der Waals surface area (Å²) in [6, 6.07) is 8.22. The molecule has 142 valence electrons. The highest BCUT2D eigenvalue weighted by molar-refractivity contribution is 7.98. The summed E-state index contributed by atoms with van der Waals surface area (Å²) < 4.78 is 6.99. The van der Waals surface area contributed by atoms with E-state index >= 15 is 0 Å². The van der Waals surface area contributed by atoms with Crippen molar-refractivity contribution in [3.63, 3.8) is 0 Å². The number of hydrogen-bond donors (Lipinski definition) is 1. The molecule has 4 rings (SSSR count). The summed E-state index contributed by atoms with van der Waals surface area (Å²) in [5.74, 6) is 0.247. The van der Waals surface area contributed by atoms with Gasteiger partial charge in [0.05, 0.1) is 10.0 Å². The van der Waals surface area contributed by atoms with Crippen molar-refractivity contribution < 1.29 is 9.21 Å². The largest absolute Gasteiger partial charge is 0.423 e. The Morgan fingerprint density at radius 1 is 1.25 bits per heavy atom. The molecule has 0 atom stereocenters. The molecule has 1 N–H and O–H groups in total. The summed E-state index contributed by atoms with van der Waals surface area (Å²) in [5, 5.41) is 13.1. The molecule has 7 nitrogen and oxygen atoms in total. The number of anilines is 1. The zero-order valence-electron chi connectivity index (χ0n) is 14.4. The van der Waals surface area contributed by atoms with E-state index in [9.17, 15) is 9.59 Å². The summed E-state index contributed by atoms with van der Waals surface area (Å²) in [5.41, 5.74) is 1.76. The molecular formula is C18H12Cl2N4O3S. The predicted molar refractivity (Wildman–Crippen MR) is 109 cm³/mol. The van der Waals surface area contributed by atoms with Crippen LogP contribution < -0.4 is 10.9 Å². The molecule has 1 aromatic carbocycles. The highest BCUT2D eigenvalue weighted by Crippen LogP contribution is 2.29. The Morgan fingerprint density at radius 3 is 2.86 bits per heavy atom. The summed E-state index contributed by atoms with van der Waals surface area (Å²) in [7, 11) is 0.